The van der Waals surface area contributed by atoms with Gasteiger partial charge in [0, 0.05) is 12.6 Å². The Labute approximate surface area is 330 Å². The van der Waals surface area contributed by atoms with Crippen LogP contribution in [-0.2, 0) is 28.7 Å². The summed E-state index contributed by atoms with van der Waals surface area (Å²) in [5, 5.41) is 28.7. The Morgan fingerprint density at radius 1 is 1.06 bits per heavy atom. The molecule has 2 aliphatic carbocycles. The van der Waals surface area contributed by atoms with Gasteiger partial charge in [0.25, 0.3) is 6.47 Å². The van der Waals surface area contributed by atoms with Crippen LogP contribution >= 0.6 is 12.4 Å². The molecule has 1 heterocycles. The summed E-state index contributed by atoms with van der Waals surface area (Å²) >= 11 is 0. The zero-order valence-corrected chi connectivity index (χ0v) is 33.7. The number of ether oxygens (including phenoxy) is 3. The van der Waals surface area contributed by atoms with Gasteiger partial charge in [-0.15, -0.1) is 12.4 Å². The van der Waals surface area contributed by atoms with Crippen LogP contribution in [0, 0.1) is 11.3 Å². The molecule has 15 nitrogen and oxygen atoms in total. The first kappa shape index (κ1) is 55.0. The van der Waals surface area contributed by atoms with E-state index < -0.39 is 5.97 Å². The van der Waals surface area contributed by atoms with Gasteiger partial charge in [0.05, 0.1) is 32.1 Å². The van der Waals surface area contributed by atoms with Gasteiger partial charge in [-0.2, -0.15) is 10.4 Å². The van der Waals surface area contributed by atoms with E-state index in [0.29, 0.717) is 36.7 Å². The van der Waals surface area contributed by atoms with Crippen molar-refractivity contribution in [3.8, 4) is 6.07 Å². The standard InChI is InChI=1S/C12H19N3O2.C8H11NO3.C6H14N2.C2H6O.CH2O3.ClH.2Na.H/c1-2-17-12(16)10-8-14-15(11(10)13)9-6-4-3-5-7-9;1-3-11-6-7(5-9)8(10)12-4-2;7-8-6-4-2-1-3-5-6;1-2-3;2-1-4-3;;;;/h8-9H,2-7,13H2,1H3;6H,3-4H2,1-2H3;6,8H,1-5,7H2;3H,2H2,1H3;1,3H;1H;;;/q;;;;;;2*+1;-1/p-1/b;7-6+;;;;;;;. The van der Waals surface area contributed by atoms with E-state index >= 15 is 0 Å². The number of nitrogens with zero attached hydrogens (tertiary/aromatic N) is 3. The van der Waals surface area contributed by atoms with Crippen molar-refractivity contribution in [1.82, 2.24) is 15.2 Å². The molecule has 0 amide bonds. The Hall–Kier alpha value is -1.42. The number of nitriles is 1. The minimum Gasteiger partial charge on any atom is -1.00 e. The number of carbonyl (C=O) groups excluding carboxylic acids is 3. The molecule has 0 bridgehead atoms. The summed E-state index contributed by atoms with van der Waals surface area (Å²) in [5.41, 5.74) is 9.04. The van der Waals surface area contributed by atoms with E-state index in [9.17, 15) is 9.59 Å². The molecule has 2 aliphatic rings. The predicted molar refractivity (Wildman–Crippen MR) is 169 cm³/mol. The molecule has 18 heteroatoms. The molecule has 0 atom stereocenters. The summed E-state index contributed by atoms with van der Waals surface area (Å²) < 4.78 is 16.1. The molecule has 1 aromatic heterocycles. The number of esters is 2. The third-order valence-corrected chi connectivity index (χ3v) is 6.11. The third-order valence-electron chi connectivity index (χ3n) is 6.11. The maximum absolute atomic E-state index is 11.6. The van der Waals surface area contributed by atoms with Gasteiger partial charge in [0.15, 0.2) is 5.57 Å². The minimum atomic E-state index is -0.645. The van der Waals surface area contributed by atoms with Gasteiger partial charge >= 0.3 is 71.1 Å². The monoisotopic (exact) mass is 710 g/mol. The van der Waals surface area contributed by atoms with Gasteiger partial charge in [-0.25, -0.2) is 14.3 Å². The number of aliphatic hydroxyl groups is 1. The van der Waals surface area contributed by atoms with Crippen LogP contribution < -0.4 is 81.4 Å². The number of halogens is 1. The predicted octanol–water partition coefficient (Wildman–Crippen LogP) is -3.10. The Kier molecular flexibility index (Phi) is 45.7. The van der Waals surface area contributed by atoms with E-state index in [-0.39, 0.29) is 104 Å². The Morgan fingerprint density at radius 3 is 1.94 bits per heavy atom. The number of aliphatic hydroxyl groups excluding tert-OH is 1. The second-order valence-electron chi connectivity index (χ2n) is 9.23. The summed E-state index contributed by atoms with van der Waals surface area (Å²) in [5.74, 6) is 4.67. The van der Waals surface area contributed by atoms with Crippen molar-refractivity contribution < 1.29 is 104 Å². The van der Waals surface area contributed by atoms with Crippen LogP contribution in [0.5, 0.6) is 0 Å². The van der Waals surface area contributed by atoms with E-state index in [2.05, 4.69) is 20.1 Å². The molecule has 0 saturated heterocycles. The second-order valence-corrected chi connectivity index (χ2v) is 9.23. The third kappa shape index (κ3) is 27.1. The Balaban J connectivity index is -0.000000126. The SMILES string of the molecule is CCO.CCO/C=C(\C#N)C(=O)OCC.CCOC(=O)c1cnn(C2CCCCC2)c1N.Cl.NNC1CCCCC1.O=CO[O-].[H-].[Na+].[Na+]. The maximum atomic E-state index is 11.6. The van der Waals surface area contributed by atoms with Gasteiger partial charge in [-0.3, -0.25) is 16.1 Å². The zero-order chi connectivity index (χ0) is 33.6. The Morgan fingerprint density at radius 2 is 1.55 bits per heavy atom. The molecule has 0 spiro atoms. The molecule has 2 saturated carbocycles. The van der Waals surface area contributed by atoms with Crippen molar-refractivity contribution in [3.05, 3.63) is 23.6 Å². The van der Waals surface area contributed by atoms with Crippen LogP contribution in [0.3, 0.4) is 0 Å². The zero-order valence-electron chi connectivity index (χ0n) is 29.9. The molecule has 3 rings (SSSR count). The first-order valence-corrected chi connectivity index (χ1v) is 14.9. The first-order chi connectivity index (χ1) is 21.3. The number of carbonyl (C=O) groups is 3. The molecular formula is C29H53ClN6Na2O9. The van der Waals surface area contributed by atoms with Gasteiger partial charge in [-0.1, -0.05) is 38.5 Å². The van der Waals surface area contributed by atoms with Crippen molar-refractivity contribution >= 4 is 36.6 Å². The maximum Gasteiger partial charge on any atom is 1.00 e. The second kappa shape index (κ2) is 39.0. The fourth-order valence-corrected chi connectivity index (χ4v) is 4.12. The fraction of sp³-hybridized carbons (Fsp3) is 0.690. The number of anilines is 1. The average molecular weight is 711 g/mol. The van der Waals surface area contributed by atoms with Crippen molar-refractivity contribution in [3.63, 3.8) is 0 Å². The Bertz CT molecular complexity index is 979. The molecule has 0 radical (unpaired) electrons. The summed E-state index contributed by atoms with van der Waals surface area (Å²) in [7, 11) is 0. The van der Waals surface area contributed by atoms with Crippen molar-refractivity contribution in [1.29, 1.82) is 5.26 Å². The molecular weight excluding hydrogens is 658 g/mol. The van der Waals surface area contributed by atoms with Gasteiger partial charge in [0.2, 0.25) is 0 Å². The number of nitrogen functional groups attached to an aromatic ring is 1. The largest absolute Gasteiger partial charge is 1.00 e. The smallest absolute Gasteiger partial charge is 1.00 e. The van der Waals surface area contributed by atoms with Crippen LogP contribution in [-0.4, -0.2) is 65.8 Å². The molecule has 2 fully saturated rings. The number of hydrogen-bond acceptors (Lipinski definition) is 14. The van der Waals surface area contributed by atoms with E-state index in [1.165, 1.54) is 57.6 Å². The normalized spacial score (nSPS) is 13.6. The average Bonchev–Trinajstić information content (AvgIpc) is 3.45. The molecule has 47 heavy (non-hydrogen) atoms. The van der Waals surface area contributed by atoms with Crippen LogP contribution in [0.2, 0.25) is 0 Å². The van der Waals surface area contributed by atoms with Crippen LogP contribution in [0.1, 0.15) is 110 Å². The van der Waals surface area contributed by atoms with Gasteiger partial charge in [-0.05, 0) is 53.4 Å². The number of aromatic nitrogens is 2. The van der Waals surface area contributed by atoms with Gasteiger partial charge < -0.3 is 36.6 Å². The van der Waals surface area contributed by atoms with Crippen molar-refractivity contribution in [2.75, 3.05) is 32.2 Å². The summed E-state index contributed by atoms with van der Waals surface area (Å²) in [4.78, 5) is 33.7. The molecule has 0 aliphatic heterocycles. The first-order valence-electron chi connectivity index (χ1n) is 14.9. The number of rotatable bonds is 9. The molecule has 1 aromatic rings. The fourth-order valence-electron chi connectivity index (χ4n) is 4.12. The summed E-state index contributed by atoms with van der Waals surface area (Å²) in [6, 6.07) is 2.64. The van der Waals surface area contributed by atoms with E-state index in [1.807, 2.05) is 0 Å². The van der Waals surface area contributed by atoms with Crippen LogP contribution in [0.4, 0.5) is 5.82 Å². The van der Waals surface area contributed by atoms with E-state index in [0.717, 1.165) is 19.1 Å². The molecule has 6 N–H and O–H groups in total. The summed E-state index contributed by atoms with van der Waals surface area (Å²) in [6.45, 7) is 7.99. The molecule has 0 unspecified atom stereocenters. The van der Waals surface area contributed by atoms with E-state index in [1.54, 1.807) is 38.4 Å². The summed E-state index contributed by atoms with van der Waals surface area (Å²) in [6.07, 6.45) is 15.2. The number of hydrogen-bond donors (Lipinski definition) is 4. The topological polar surface area (TPSA) is 237 Å². The van der Waals surface area contributed by atoms with Crippen LogP contribution in [0.25, 0.3) is 0 Å². The molecule has 262 valence electrons. The quantitative estimate of drug-likeness (QED) is 0.0229. The molecule has 0 aromatic carbocycles. The van der Waals surface area contributed by atoms with E-state index in [4.69, 9.17) is 41.5 Å². The van der Waals surface area contributed by atoms with Gasteiger partial charge in [0.1, 0.15) is 23.7 Å². The van der Waals surface area contributed by atoms with Crippen LogP contribution in [0.15, 0.2) is 18.0 Å². The number of hydrazine groups is 1. The van der Waals surface area contributed by atoms with Crippen molar-refractivity contribution in [2.45, 2.75) is 104 Å². The van der Waals surface area contributed by atoms with Crippen molar-refractivity contribution in [2.24, 2.45) is 5.84 Å². The number of nitrogens with two attached hydrogens (primary N) is 2. The number of nitrogens with one attached hydrogen (secondary N) is 1. The minimum absolute atomic E-state index is 0.